The van der Waals surface area contributed by atoms with Crippen LogP contribution in [-0.4, -0.2) is 35.3 Å². The number of nitrogens with zero attached hydrogens (tertiary/aromatic N) is 2. The fourth-order valence-electron chi connectivity index (χ4n) is 5.03. The Morgan fingerprint density at radius 1 is 1.08 bits per heavy atom. The van der Waals surface area contributed by atoms with E-state index in [2.05, 4.69) is 51.6 Å². The number of nitrogens with one attached hydrogen (secondary N) is 1. The van der Waals surface area contributed by atoms with E-state index in [0.29, 0.717) is 36.1 Å². The number of hydrogen-bond donors (Lipinski definition) is 2. The largest absolute Gasteiger partial charge is 0.383 e. The summed E-state index contributed by atoms with van der Waals surface area (Å²) in [6.45, 7) is 5.01. The minimum absolute atomic E-state index is 0.137. The predicted molar refractivity (Wildman–Crippen MR) is 154 cm³/mol. The summed E-state index contributed by atoms with van der Waals surface area (Å²) in [5.41, 5.74) is 8.45. The van der Waals surface area contributed by atoms with Crippen LogP contribution in [0.3, 0.4) is 0 Å². The highest BCUT2D eigenvalue weighted by Crippen LogP contribution is 2.29. The summed E-state index contributed by atoms with van der Waals surface area (Å²) in [6, 6.07) is 20.6. The number of hydrogen-bond acceptors (Lipinski definition) is 6. The summed E-state index contributed by atoms with van der Waals surface area (Å²) in [5.74, 6) is 1.35. The van der Waals surface area contributed by atoms with Crippen LogP contribution >= 0.6 is 22.9 Å². The summed E-state index contributed by atoms with van der Waals surface area (Å²) in [7, 11) is 0. The van der Waals surface area contributed by atoms with Crippen molar-refractivity contribution >= 4 is 45.3 Å². The van der Waals surface area contributed by atoms with Gasteiger partial charge < -0.3 is 11.1 Å². The van der Waals surface area contributed by atoms with Gasteiger partial charge in [-0.3, -0.25) is 9.69 Å². The zero-order valence-electron chi connectivity index (χ0n) is 21.0. The standard InChI is InChI=1S/C30H33ClN4OS/c31-26-17-28(27(36)9-7-21-6-8-25-24(16-21)10-13-34-30(25)32)37-29(26)19-33-18-22-11-14-35(15-12-22)20-23-4-2-1-3-5-23/h1-6,8,10,13,16-17,22,33H,7,9,11-12,14-15,18-20H2,(H2,32,34). The molecular weight excluding hydrogens is 500 g/mol. The zero-order chi connectivity index (χ0) is 25.6. The van der Waals surface area contributed by atoms with Gasteiger partial charge in [0.2, 0.25) is 0 Å². The summed E-state index contributed by atoms with van der Waals surface area (Å²) >= 11 is 8.02. The van der Waals surface area contributed by atoms with E-state index in [1.54, 1.807) is 6.20 Å². The van der Waals surface area contributed by atoms with Gasteiger partial charge in [0.1, 0.15) is 5.82 Å². The first kappa shape index (κ1) is 25.9. The minimum Gasteiger partial charge on any atom is -0.383 e. The van der Waals surface area contributed by atoms with E-state index < -0.39 is 0 Å². The van der Waals surface area contributed by atoms with Gasteiger partial charge in [0, 0.05) is 36.0 Å². The van der Waals surface area contributed by atoms with Crippen molar-refractivity contribution in [3.8, 4) is 0 Å². The number of nitrogens with two attached hydrogens (primary N) is 1. The van der Waals surface area contributed by atoms with Crippen LogP contribution in [0.1, 0.15) is 44.9 Å². The second kappa shape index (κ2) is 12.2. The van der Waals surface area contributed by atoms with Gasteiger partial charge in [0.05, 0.1) is 9.90 Å². The molecule has 0 bridgehead atoms. The molecule has 0 spiro atoms. The molecule has 0 amide bonds. The molecule has 37 heavy (non-hydrogen) atoms. The van der Waals surface area contributed by atoms with Gasteiger partial charge in [-0.1, -0.05) is 60.1 Å². The molecule has 2 aromatic carbocycles. The molecule has 1 saturated heterocycles. The number of aromatic nitrogens is 1. The number of nitrogen functional groups attached to an aromatic ring is 1. The van der Waals surface area contributed by atoms with Crippen molar-refractivity contribution in [1.82, 2.24) is 15.2 Å². The molecular formula is C30H33ClN4OS. The Morgan fingerprint density at radius 3 is 2.70 bits per heavy atom. The van der Waals surface area contributed by atoms with E-state index in [-0.39, 0.29) is 5.78 Å². The van der Waals surface area contributed by atoms with Crippen molar-refractivity contribution in [2.24, 2.45) is 5.92 Å². The van der Waals surface area contributed by atoms with Crippen molar-refractivity contribution in [1.29, 1.82) is 0 Å². The van der Waals surface area contributed by atoms with Gasteiger partial charge in [0.15, 0.2) is 5.78 Å². The molecule has 0 unspecified atom stereocenters. The van der Waals surface area contributed by atoms with Crippen LogP contribution in [0.25, 0.3) is 10.8 Å². The molecule has 1 aliphatic rings. The Bertz CT molecular complexity index is 1350. The summed E-state index contributed by atoms with van der Waals surface area (Å²) in [4.78, 5) is 21.3. The average Bonchev–Trinajstić information content (AvgIpc) is 3.29. The topological polar surface area (TPSA) is 71.2 Å². The number of likely N-dealkylation sites (tertiary alicyclic amines) is 1. The first-order chi connectivity index (χ1) is 18.0. The third kappa shape index (κ3) is 6.76. The third-order valence-electron chi connectivity index (χ3n) is 7.21. The van der Waals surface area contributed by atoms with E-state index in [4.69, 9.17) is 17.3 Å². The number of aryl methyl sites for hydroxylation is 1. The second-order valence-corrected chi connectivity index (χ2v) is 11.4. The molecule has 4 aromatic rings. The molecule has 1 aliphatic heterocycles. The predicted octanol–water partition coefficient (Wildman–Crippen LogP) is 6.35. The fourth-order valence-corrected chi connectivity index (χ4v) is 6.38. The Morgan fingerprint density at radius 2 is 1.89 bits per heavy atom. The summed E-state index contributed by atoms with van der Waals surface area (Å²) < 4.78 is 0. The van der Waals surface area contributed by atoms with Gasteiger partial charge in [-0.25, -0.2) is 4.98 Å². The number of ketones is 1. The van der Waals surface area contributed by atoms with Crippen molar-refractivity contribution in [2.45, 2.75) is 38.8 Å². The number of Topliss-reactive ketones (excluding diaryl/α,β-unsaturated/α-hetero) is 1. The number of thiophene rings is 1. The number of rotatable bonds is 10. The van der Waals surface area contributed by atoms with Gasteiger partial charge in [-0.05, 0) is 73.5 Å². The number of pyridine rings is 1. The number of carbonyl (C=O) groups excluding carboxylic acids is 1. The van der Waals surface area contributed by atoms with E-state index in [0.717, 1.165) is 52.3 Å². The molecule has 0 radical (unpaired) electrons. The molecule has 3 N–H and O–H groups in total. The number of piperidine rings is 1. The molecule has 192 valence electrons. The molecule has 7 heteroatoms. The van der Waals surface area contributed by atoms with E-state index >= 15 is 0 Å². The third-order valence-corrected chi connectivity index (χ3v) is 8.83. The number of halogens is 1. The summed E-state index contributed by atoms with van der Waals surface area (Å²) in [6.07, 6.45) is 5.27. The van der Waals surface area contributed by atoms with Crippen LogP contribution < -0.4 is 11.1 Å². The number of carbonyl (C=O) groups is 1. The minimum atomic E-state index is 0.137. The number of fused-ring (bicyclic) bond motifs is 1. The van der Waals surface area contributed by atoms with Crippen LogP contribution in [0.2, 0.25) is 5.02 Å². The lowest BCUT2D eigenvalue weighted by atomic mass is 9.96. The molecule has 0 aliphatic carbocycles. The SMILES string of the molecule is Nc1nccc2cc(CCC(=O)c3cc(Cl)c(CNCC4CCN(Cc5ccccc5)CC4)s3)ccc12. The van der Waals surface area contributed by atoms with E-state index in [9.17, 15) is 4.79 Å². The van der Waals surface area contributed by atoms with Crippen LogP contribution in [-0.2, 0) is 19.5 Å². The van der Waals surface area contributed by atoms with Crippen molar-refractivity contribution in [2.75, 3.05) is 25.4 Å². The van der Waals surface area contributed by atoms with Crippen molar-refractivity contribution < 1.29 is 4.79 Å². The van der Waals surface area contributed by atoms with E-state index in [1.807, 2.05) is 24.3 Å². The van der Waals surface area contributed by atoms with Crippen LogP contribution in [0, 0.1) is 5.92 Å². The first-order valence-corrected chi connectivity index (χ1v) is 14.2. The van der Waals surface area contributed by atoms with Gasteiger partial charge in [0.25, 0.3) is 0 Å². The molecule has 0 atom stereocenters. The highest BCUT2D eigenvalue weighted by atomic mass is 35.5. The van der Waals surface area contributed by atoms with Crippen molar-refractivity contribution in [3.05, 3.63) is 92.8 Å². The summed E-state index contributed by atoms with van der Waals surface area (Å²) in [5, 5.41) is 6.27. The molecule has 0 saturated carbocycles. The maximum absolute atomic E-state index is 12.9. The van der Waals surface area contributed by atoms with Gasteiger partial charge in [-0.15, -0.1) is 11.3 Å². The number of anilines is 1. The Balaban J connectivity index is 1.06. The van der Waals surface area contributed by atoms with Crippen LogP contribution in [0.5, 0.6) is 0 Å². The molecule has 1 fully saturated rings. The fraction of sp³-hybridized carbons (Fsp3) is 0.333. The Hall–Kier alpha value is -2.77. The molecule has 2 aromatic heterocycles. The zero-order valence-corrected chi connectivity index (χ0v) is 22.5. The van der Waals surface area contributed by atoms with Crippen LogP contribution in [0.4, 0.5) is 5.82 Å². The number of benzene rings is 2. The molecule has 5 nitrogen and oxygen atoms in total. The molecule has 3 heterocycles. The monoisotopic (exact) mass is 532 g/mol. The smallest absolute Gasteiger partial charge is 0.173 e. The van der Waals surface area contributed by atoms with E-state index in [1.165, 1.54) is 29.7 Å². The van der Waals surface area contributed by atoms with Crippen LogP contribution in [0.15, 0.2) is 66.9 Å². The quantitative estimate of drug-likeness (QED) is 0.233. The second-order valence-electron chi connectivity index (χ2n) is 9.89. The van der Waals surface area contributed by atoms with Crippen molar-refractivity contribution in [3.63, 3.8) is 0 Å². The first-order valence-electron chi connectivity index (χ1n) is 13.0. The maximum Gasteiger partial charge on any atom is 0.173 e. The lowest BCUT2D eigenvalue weighted by Gasteiger charge is -2.32. The average molecular weight is 533 g/mol. The Labute approximate surface area is 227 Å². The lowest BCUT2D eigenvalue weighted by Crippen LogP contribution is -2.36. The highest BCUT2D eigenvalue weighted by molar-refractivity contribution is 7.14. The Kier molecular flexibility index (Phi) is 8.52. The lowest BCUT2D eigenvalue weighted by molar-refractivity contribution is 0.0986. The maximum atomic E-state index is 12.9. The highest BCUT2D eigenvalue weighted by Gasteiger charge is 2.20. The van der Waals surface area contributed by atoms with Gasteiger partial charge >= 0.3 is 0 Å². The normalized spacial score (nSPS) is 14.8. The van der Waals surface area contributed by atoms with Gasteiger partial charge in [-0.2, -0.15) is 0 Å². The molecule has 5 rings (SSSR count).